The molecule has 0 spiro atoms. The van der Waals surface area contributed by atoms with Gasteiger partial charge in [0.2, 0.25) is 10.0 Å². The second kappa shape index (κ2) is 6.62. The summed E-state index contributed by atoms with van der Waals surface area (Å²) in [4.78, 5) is -0.253. The number of aliphatic hydroxyl groups is 1. The van der Waals surface area contributed by atoms with Crippen molar-refractivity contribution in [3.05, 3.63) is 28.5 Å². The number of ether oxygens (including phenoxy) is 1. The van der Waals surface area contributed by atoms with Crippen molar-refractivity contribution < 1.29 is 22.7 Å². The fourth-order valence-electron chi connectivity index (χ4n) is 1.40. The number of aliphatic hydroxyl groups excluding tert-OH is 1. The van der Waals surface area contributed by atoms with Gasteiger partial charge in [-0.1, -0.05) is 11.6 Å². The van der Waals surface area contributed by atoms with Gasteiger partial charge in [0.15, 0.2) is 0 Å². The molecule has 0 saturated carbocycles. The first-order valence-corrected chi connectivity index (χ1v) is 7.20. The zero-order chi connectivity index (χ0) is 14.6. The maximum absolute atomic E-state index is 13.5. The van der Waals surface area contributed by atoms with Crippen LogP contribution >= 0.6 is 11.6 Å². The van der Waals surface area contributed by atoms with Gasteiger partial charge in [-0.25, -0.2) is 12.8 Å². The van der Waals surface area contributed by atoms with E-state index in [1.807, 2.05) is 0 Å². The second-order valence-corrected chi connectivity index (χ2v) is 6.28. The van der Waals surface area contributed by atoms with Crippen molar-refractivity contribution in [2.45, 2.75) is 11.5 Å². The molecule has 8 heteroatoms. The number of nitrogens with zero attached hydrogens (tertiary/aromatic N) is 1. The minimum Gasteiger partial charge on any atom is -0.392 e. The third-order valence-electron chi connectivity index (χ3n) is 2.57. The molecule has 0 aromatic heterocycles. The first-order valence-electron chi connectivity index (χ1n) is 5.38. The highest BCUT2D eigenvalue weighted by atomic mass is 35.5. The SMILES string of the molecule is COCCN(C)S(=O)(=O)c1cc(F)c(Cl)c(CO)c1. The summed E-state index contributed by atoms with van der Waals surface area (Å²) in [5.41, 5.74) is 0.0281. The molecule has 0 aliphatic heterocycles. The molecule has 1 aromatic rings. The van der Waals surface area contributed by atoms with Gasteiger partial charge >= 0.3 is 0 Å². The minimum absolute atomic E-state index is 0.0281. The van der Waals surface area contributed by atoms with E-state index in [2.05, 4.69) is 0 Å². The number of hydrogen-bond acceptors (Lipinski definition) is 4. The van der Waals surface area contributed by atoms with Crippen LogP contribution in [0.5, 0.6) is 0 Å². The Morgan fingerprint density at radius 2 is 2.11 bits per heavy atom. The Kier molecular flexibility index (Phi) is 5.69. The van der Waals surface area contributed by atoms with Crippen LogP contribution in [0.3, 0.4) is 0 Å². The molecule has 1 N–H and O–H groups in total. The first-order chi connectivity index (χ1) is 8.84. The lowest BCUT2D eigenvalue weighted by atomic mass is 10.2. The first kappa shape index (κ1) is 16.3. The van der Waals surface area contributed by atoms with Gasteiger partial charge in [0.05, 0.1) is 23.1 Å². The second-order valence-electron chi connectivity index (χ2n) is 3.86. The van der Waals surface area contributed by atoms with Gasteiger partial charge in [-0.05, 0) is 12.1 Å². The normalized spacial score (nSPS) is 12.1. The zero-order valence-electron chi connectivity index (χ0n) is 10.6. The van der Waals surface area contributed by atoms with Crippen LogP contribution in [0.25, 0.3) is 0 Å². The highest BCUT2D eigenvalue weighted by Crippen LogP contribution is 2.25. The van der Waals surface area contributed by atoms with Crippen LogP contribution in [-0.2, 0) is 21.4 Å². The Labute approximate surface area is 116 Å². The van der Waals surface area contributed by atoms with E-state index in [1.165, 1.54) is 14.2 Å². The average Bonchev–Trinajstić information content (AvgIpc) is 2.38. The standard InChI is InChI=1S/C11H15ClFNO4S/c1-14(3-4-18-2)19(16,17)9-5-8(7-15)11(12)10(13)6-9/h5-6,15H,3-4,7H2,1-2H3. The molecule has 0 amide bonds. The number of likely N-dealkylation sites (N-methyl/N-ethyl adjacent to an activating group) is 1. The zero-order valence-corrected chi connectivity index (χ0v) is 12.1. The molecule has 1 rings (SSSR count). The molecular formula is C11H15ClFNO4S. The molecule has 0 heterocycles. The summed E-state index contributed by atoms with van der Waals surface area (Å²) in [5.74, 6) is -0.882. The molecule has 19 heavy (non-hydrogen) atoms. The Hall–Kier alpha value is -0.730. The van der Waals surface area contributed by atoms with Crippen LogP contribution in [0, 0.1) is 5.82 Å². The highest BCUT2D eigenvalue weighted by molar-refractivity contribution is 7.89. The van der Waals surface area contributed by atoms with Crippen LogP contribution in [0.2, 0.25) is 5.02 Å². The lowest BCUT2D eigenvalue weighted by molar-refractivity contribution is 0.185. The Balaban J connectivity index is 3.18. The largest absolute Gasteiger partial charge is 0.392 e. The van der Waals surface area contributed by atoms with Crippen molar-refractivity contribution in [3.8, 4) is 0 Å². The van der Waals surface area contributed by atoms with Gasteiger partial charge in [-0.3, -0.25) is 0 Å². The van der Waals surface area contributed by atoms with Gasteiger partial charge in [0, 0.05) is 26.3 Å². The molecule has 0 saturated heterocycles. The van der Waals surface area contributed by atoms with Gasteiger partial charge < -0.3 is 9.84 Å². The van der Waals surface area contributed by atoms with Crippen molar-refractivity contribution >= 4 is 21.6 Å². The molecule has 0 fully saturated rings. The number of hydrogen-bond donors (Lipinski definition) is 1. The summed E-state index contributed by atoms with van der Waals surface area (Å²) in [6, 6.07) is 1.99. The predicted octanol–water partition coefficient (Wildman–Crippen LogP) is 1.24. The van der Waals surface area contributed by atoms with Crippen molar-refractivity contribution in [3.63, 3.8) is 0 Å². The fraction of sp³-hybridized carbons (Fsp3) is 0.455. The molecule has 0 bridgehead atoms. The topological polar surface area (TPSA) is 66.8 Å². The van der Waals surface area contributed by atoms with E-state index < -0.39 is 22.4 Å². The summed E-state index contributed by atoms with van der Waals surface area (Å²) < 4.78 is 43.7. The Bertz CT molecular complexity index is 550. The van der Waals surface area contributed by atoms with Crippen LogP contribution in [0.15, 0.2) is 17.0 Å². The molecule has 0 aliphatic carbocycles. The maximum atomic E-state index is 13.5. The highest BCUT2D eigenvalue weighted by Gasteiger charge is 2.23. The summed E-state index contributed by atoms with van der Waals surface area (Å²) in [7, 11) is -1.03. The molecule has 0 unspecified atom stereocenters. The van der Waals surface area contributed by atoms with Gasteiger partial charge in [0.1, 0.15) is 5.82 Å². The number of rotatable bonds is 6. The average molecular weight is 312 g/mol. The van der Waals surface area contributed by atoms with Crippen LogP contribution in [0.4, 0.5) is 4.39 Å². The van der Waals surface area contributed by atoms with Crippen LogP contribution < -0.4 is 0 Å². The van der Waals surface area contributed by atoms with Gasteiger partial charge in [0.25, 0.3) is 0 Å². The van der Waals surface area contributed by atoms with E-state index in [0.29, 0.717) is 0 Å². The molecule has 1 aromatic carbocycles. The monoisotopic (exact) mass is 311 g/mol. The van der Waals surface area contributed by atoms with Crippen molar-refractivity contribution in [2.75, 3.05) is 27.3 Å². The quantitative estimate of drug-likeness (QED) is 0.858. The summed E-state index contributed by atoms with van der Waals surface area (Å²) >= 11 is 5.62. The molecule has 108 valence electrons. The fourth-order valence-corrected chi connectivity index (χ4v) is 2.79. The Morgan fingerprint density at radius 1 is 1.47 bits per heavy atom. The molecule has 0 atom stereocenters. The molecule has 5 nitrogen and oxygen atoms in total. The van der Waals surface area contributed by atoms with Crippen molar-refractivity contribution in [1.29, 1.82) is 0 Å². The lowest BCUT2D eigenvalue weighted by Crippen LogP contribution is -2.30. The van der Waals surface area contributed by atoms with Crippen molar-refractivity contribution in [1.82, 2.24) is 4.31 Å². The van der Waals surface area contributed by atoms with E-state index in [-0.39, 0.29) is 28.6 Å². The lowest BCUT2D eigenvalue weighted by Gasteiger charge is -2.17. The number of benzene rings is 1. The summed E-state index contributed by atoms with van der Waals surface area (Å²) in [6.07, 6.45) is 0. The third kappa shape index (κ3) is 3.64. The third-order valence-corrected chi connectivity index (χ3v) is 4.82. The van der Waals surface area contributed by atoms with E-state index >= 15 is 0 Å². The van der Waals surface area contributed by atoms with Crippen LogP contribution in [0.1, 0.15) is 5.56 Å². The van der Waals surface area contributed by atoms with E-state index in [1.54, 1.807) is 0 Å². The number of sulfonamides is 1. The van der Waals surface area contributed by atoms with Crippen molar-refractivity contribution in [2.24, 2.45) is 0 Å². The predicted molar refractivity (Wildman–Crippen MR) is 69.0 cm³/mol. The molecule has 0 aliphatic rings. The van der Waals surface area contributed by atoms with Gasteiger partial charge in [-0.2, -0.15) is 4.31 Å². The summed E-state index contributed by atoms with van der Waals surface area (Å²) in [5, 5.41) is 8.76. The maximum Gasteiger partial charge on any atom is 0.243 e. The number of halogens is 2. The van der Waals surface area contributed by atoms with E-state index in [4.69, 9.17) is 21.4 Å². The number of methoxy groups -OCH3 is 1. The van der Waals surface area contributed by atoms with Gasteiger partial charge in [-0.15, -0.1) is 0 Å². The minimum atomic E-state index is -3.84. The van der Waals surface area contributed by atoms with E-state index in [9.17, 15) is 12.8 Å². The smallest absolute Gasteiger partial charge is 0.243 e. The molecular weight excluding hydrogens is 297 g/mol. The van der Waals surface area contributed by atoms with E-state index in [0.717, 1.165) is 16.4 Å². The van der Waals surface area contributed by atoms with Crippen LogP contribution in [-0.4, -0.2) is 45.1 Å². The molecule has 0 radical (unpaired) electrons. The Morgan fingerprint density at radius 3 is 2.63 bits per heavy atom. The summed E-state index contributed by atoms with van der Waals surface area (Å²) in [6.45, 7) is -0.183.